The van der Waals surface area contributed by atoms with Crippen LogP contribution in [0.2, 0.25) is 0 Å². The van der Waals surface area contributed by atoms with Crippen LogP contribution >= 0.6 is 0 Å². The summed E-state index contributed by atoms with van der Waals surface area (Å²) in [5.41, 5.74) is 6.35. The molecule has 2 heteroatoms. The van der Waals surface area contributed by atoms with Crippen LogP contribution in [0, 0.1) is 11.3 Å². The number of likely N-dealkylation sites (tertiary alicyclic amines) is 1. The summed E-state index contributed by atoms with van der Waals surface area (Å²) in [5, 5.41) is 0. The van der Waals surface area contributed by atoms with Crippen LogP contribution in [0.1, 0.15) is 45.4 Å². The molecule has 0 spiro atoms. The molecule has 1 unspecified atom stereocenters. The fraction of sp³-hybridized carbons (Fsp3) is 1.00. The molecule has 0 radical (unpaired) electrons. The van der Waals surface area contributed by atoms with Gasteiger partial charge in [-0.05, 0) is 43.7 Å². The quantitative estimate of drug-likeness (QED) is 0.774. The lowest BCUT2D eigenvalue weighted by molar-refractivity contribution is 0.136. The molecule has 2 N–H and O–H groups in total. The van der Waals surface area contributed by atoms with Crippen LogP contribution in [0.3, 0.4) is 0 Å². The zero-order valence-corrected chi connectivity index (χ0v) is 10.2. The van der Waals surface area contributed by atoms with Gasteiger partial charge in [0.05, 0.1) is 0 Å². The van der Waals surface area contributed by atoms with E-state index in [0.29, 0.717) is 5.41 Å². The number of hydrogen-bond acceptors (Lipinski definition) is 2. The average molecular weight is 210 g/mol. The summed E-state index contributed by atoms with van der Waals surface area (Å²) in [4.78, 5) is 2.66. The van der Waals surface area contributed by atoms with Gasteiger partial charge in [0.15, 0.2) is 0 Å². The Bertz CT molecular complexity index is 197. The minimum Gasteiger partial charge on any atom is -0.330 e. The van der Waals surface area contributed by atoms with Gasteiger partial charge in [0.1, 0.15) is 0 Å². The van der Waals surface area contributed by atoms with Crippen molar-refractivity contribution in [2.24, 2.45) is 17.1 Å². The standard InChI is InChI=1S/C13H26N2/c1-13(6-3-2-4-7-13)11-15-8-5-12(9-14)10-15/h12H,2-11,14H2,1H3. The minimum atomic E-state index is 0.613. The van der Waals surface area contributed by atoms with Gasteiger partial charge in [-0.3, -0.25) is 0 Å². The molecule has 2 fully saturated rings. The van der Waals surface area contributed by atoms with Crippen LogP contribution in [0.4, 0.5) is 0 Å². The van der Waals surface area contributed by atoms with Crippen LogP contribution < -0.4 is 5.73 Å². The zero-order valence-electron chi connectivity index (χ0n) is 10.2. The number of hydrogen-bond donors (Lipinski definition) is 1. The highest BCUT2D eigenvalue weighted by Crippen LogP contribution is 2.37. The van der Waals surface area contributed by atoms with Gasteiger partial charge in [-0.1, -0.05) is 26.2 Å². The van der Waals surface area contributed by atoms with E-state index in [-0.39, 0.29) is 0 Å². The molecule has 15 heavy (non-hydrogen) atoms. The fourth-order valence-corrected chi connectivity index (χ4v) is 3.35. The van der Waals surface area contributed by atoms with Gasteiger partial charge in [0.2, 0.25) is 0 Å². The summed E-state index contributed by atoms with van der Waals surface area (Å²) in [7, 11) is 0. The van der Waals surface area contributed by atoms with Crippen LogP contribution in [0.25, 0.3) is 0 Å². The average Bonchev–Trinajstić information content (AvgIpc) is 2.66. The fourth-order valence-electron chi connectivity index (χ4n) is 3.35. The smallest absolute Gasteiger partial charge is 0.00354 e. The molecule has 0 aromatic heterocycles. The van der Waals surface area contributed by atoms with Crippen LogP contribution in [-0.2, 0) is 0 Å². The van der Waals surface area contributed by atoms with E-state index in [2.05, 4.69) is 11.8 Å². The van der Waals surface area contributed by atoms with Crippen molar-refractivity contribution in [1.82, 2.24) is 4.90 Å². The molecule has 88 valence electrons. The Labute approximate surface area is 94.2 Å². The van der Waals surface area contributed by atoms with Crippen LogP contribution in [0.15, 0.2) is 0 Å². The Morgan fingerprint density at radius 3 is 2.60 bits per heavy atom. The van der Waals surface area contributed by atoms with E-state index in [1.165, 1.54) is 58.2 Å². The second kappa shape index (κ2) is 4.84. The molecule has 1 saturated carbocycles. The summed E-state index contributed by atoms with van der Waals surface area (Å²) in [5.74, 6) is 0.775. The molecule has 2 nitrogen and oxygen atoms in total. The first-order chi connectivity index (χ1) is 7.22. The van der Waals surface area contributed by atoms with Gasteiger partial charge in [0.25, 0.3) is 0 Å². The van der Waals surface area contributed by atoms with Gasteiger partial charge >= 0.3 is 0 Å². The molecule has 1 atom stereocenters. The summed E-state index contributed by atoms with van der Waals surface area (Å²) in [6.45, 7) is 7.24. The zero-order chi connectivity index (χ0) is 10.7. The topological polar surface area (TPSA) is 29.3 Å². The molecule has 2 aliphatic rings. The molecule has 0 amide bonds. The summed E-state index contributed by atoms with van der Waals surface area (Å²) in [6.07, 6.45) is 8.57. The van der Waals surface area contributed by atoms with Crippen molar-refractivity contribution in [2.75, 3.05) is 26.2 Å². The highest BCUT2D eigenvalue weighted by molar-refractivity contribution is 4.85. The first kappa shape index (κ1) is 11.4. The molecular weight excluding hydrogens is 184 g/mol. The van der Waals surface area contributed by atoms with Gasteiger partial charge in [-0.25, -0.2) is 0 Å². The van der Waals surface area contributed by atoms with Crippen molar-refractivity contribution in [2.45, 2.75) is 45.4 Å². The summed E-state index contributed by atoms with van der Waals surface area (Å²) in [6, 6.07) is 0. The molecule has 1 saturated heterocycles. The molecule has 2 rings (SSSR count). The van der Waals surface area contributed by atoms with E-state index < -0.39 is 0 Å². The number of nitrogens with zero attached hydrogens (tertiary/aromatic N) is 1. The highest BCUT2D eigenvalue weighted by atomic mass is 15.2. The van der Waals surface area contributed by atoms with E-state index in [1.807, 2.05) is 0 Å². The van der Waals surface area contributed by atoms with E-state index in [1.54, 1.807) is 0 Å². The Hall–Kier alpha value is -0.0800. The first-order valence-corrected chi connectivity index (χ1v) is 6.64. The maximum absolute atomic E-state index is 5.74. The van der Waals surface area contributed by atoms with Crippen molar-refractivity contribution < 1.29 is 0 Å². The lowest BCUT2D eigenvalue weighted by Gasteiger charge is -2.37. The summed E-state index contributed by atoms with van der Waals surface area (Å²) < 4.78 is 0. The summed E-state index contributed by atoms with van der Waals surface area (Å²) >= 11 is 0. The van der Waals surface area contributed by atoms with Crippen LogP contribution in [-0.4, -0.2) is 31.1 Å². The van der Waals surface area contributed by atoms with Gasteiger partial charge in [-0.15, -0.1) is 0 Å². The third-order valence-corrected chi connectivity index (χ3v) is 4.37. The Balaban J connectivity index is 1.80. The minimum absolute atomic E-state index is 0.613. The molecular formula is C13H26N2. The van der Waals surface area contributed by atoms with E-state index in [9.17, 15) is 0 Å². The normalized spacial score (nSPS) is 32.0. The molecule has 1 aliphatic heterocycles. The van der Waals surface area contributed by atoms with Crippen LogP contribution in [0.5, 0.6) is 0 Å². The Kier molecular flexibility index (Phi) is 3.68. The lowest BCUT2D eigenvalue weighted by atomic mass is 9.75. The van der Waals surface area contributed by atoms with Crippen molar-refractivity contribution in [1.29, 1.82) is 0 Å². The predicted molar refractivity (Wildman–Crippen MR) is 64.8 cm³/mol. The predicted octanol–water partition coefficient (Wildman–Crippen LogP) is 2.24. The maximum Gasteiger partial charge on any atom is 0.00354 e. The van der Waals surface area contributed by atoms with Crippen molar-refractivity contribution in [3.8, 4) is 0 Å². The van der Waals surface area contributed by atoms with E-state index in [4.69, 9.17) is 5.73 Å². The molecule has 0 bridgehead atoms. The molecule has 0 aromatic rings. The second-order valence-electron chi connectivity index (χ2n) is 6.00. The van der Waals surface area contributed by atoms with Crippen molar-refractivity contribution >= 4 is 0 Å². The third kappa shape index (κ3) is 2.94. The largest absolute Gasteiger partial charge is 0.330 e. The van der Waals surface area contributed by atoms with Crippen molar-refractivity contribution in [3.05, 3.63) is 0 Å². The van der Waals surface area contributed by atoms with E-state index >= 15 is 0 Å². The highest BCUT2D eigenvalue weighted by Gasteiger charge is 2.31. The number of rotatable bonds is 3. The molecule has 1 heterocycles. The first-order valence-electron chi connectivity index (χ1n) is 6.64. The lowest BCUT2D eigenvalue weighted by Crippen LogP contribution is -2.36. The molecule has 0 aromatic carbocycles. The van der Waals surface area contributed by atoms with E-state index in [0.717, 1.165) is 12.5 Å². The Morgan fingerprint density at radius 1 is 1.27 bits per heavy atom. The second-order valence-corrected chi connectivity index (χ2v) is 6.00. The SMILES string of the molecule is CC1(CN2CCC(CN)C2)CCCCC1. The number of nitrogens with two attached hydrogens (primary N) is 1. The molecule has 1 aliphatic carbocycles. The van der Waals surface area contributed by atoms with Gasteiger partial charge < -0.3 is 10.6 Å². The third-order valence-electron chi connectivity index (χ3n) is 4.37. The Morgan fingerprint density at radius 2 is 2.00 bits per heavy atom. The van der Waals surface area contributed by atoms with Gasteiger partial charge in [-0.2, -0.15) is 0 Å². The van der Waals surface area contributed by atoms with Crippen molar-refractivity contribution in [3.63, 3.8) is 0 Å². The monoisotopic (exact) mass is 210 g/mol. The van der Waals surface area contributed by atoms with Gasteiger partial charge in [0, 0.05) is 13.1 Å². The maximum atomic E-state index is 5.74.